The number of amides is 1. The summed E-state index contributed by atoms with van der Waals surface area (Å²) in [5, 5.41) is 6.89. The Morgan fingerprint density at radius 2 is 1.93 bits per heavy atom. The van der Waals surface area contributed by atoms with E-state index < -0.39 is 0 Å². The van der Waals surface area contributed by atoms with E-state index in [1.165, 1.54) is 6.07 Å². The van der Waals surface area contributed by atoms with E-state index in [1.807, 2.05) is 44.2 Å². The van der Waals surface area contributed by atoms with Crippen molar-refractivity contribution in [3.05, 3.63) is 80.9 Å². The fourth-order valence-electron chi connectivity index (χ4n) is 3.09. The molecule has 28 heavy (non-hydrogen) atoms. The van der Waals surface area contributed by atoms with Gasteiger partial charge in [-0.1, -0.05) is 49.3 Å². The van der Waals surface area contributed by atoms with Gasteiger partial charge in [0.2, 0.25) is 0 Å². The van der Waals surface area contributed by atoms with Gasteiger partial charge >= 0.3 is 0 Å². The molecule has 2 N–H and O–H groups in total. The van der Waals surface area contributed by atoms with Crippen molar-refractivity contribution in [2.75, 3.05) is 0 Å². The molecular weight excluding hydrogens is 356 g/mol. The second kappa shape index (κ2) is 8.21. The molecule has 0 fully saturated rings. The first kappa shape index (κ1) is 19.5. The number of hydrogen-bond acceptors (Lipinski definition) is 5. The van der Waals surface area contributed by atoms with Crippen molar-refractivity contribution in [1.29, 1.82) is 0 Å². The van der Waals surface area contributed by atoms with Crippen molar-refractivity contribution in [3.63, 3.8) is 0 Å². The highest BCUT2D eigenvalue weighted by Crippen LogP contribution is 2.20. The Bertz CT molecular complexity index is 1000. The van der Waals surface area contributed by atoms with E-state index >= 15 is 0 Å². The van der Waals surface area contributed by atoms with Crippen LogP contribution in [0.25, 0.3) is 0 Å². The first-order valence-electron chi connectivity index (χ1n) is 9.24. The second-order valence-corrected chi connectivity index (χ2v) is 7.12. The lowest BCUT2D eigenvalue weighted by atomic mass is 10.0. The molecule has 2 heterocycles. The number of carbonyl (C=O) groups is 1. The molecule has 7 heteroatoms. The molecule has 3 rings (SSSR count). The summed E-state index contributed by atoms with van der Waals surface area (Å²) in [6.07, 6.45) is 0.392. The van der Waals surface area contributed by atoms with Gasteiger partial charge in [-0.3, -0.25) is 9.59 Å². The molecule has 0 saturated carbocycles. The van der Waals surface area contributed by atoms with E-state index in [4.69, 9.17) is 4.52 Å². The molecule has 0 saturated heterocycles. The highest BCUT2D eigenvalue weighted by molar-refractivity contribution is 5.96. The van der Waals surface area contributed by atoms with Gasteiger partial charge in [0, 0.05) is 18.4 Å². The minimum absolute atomic E-state index is 0.0970. The van der Waals surface area contributed by atoms with Crippen LogP contribution in [-0.2, 0) is 6.42 Å². The zero-order valence-corrected chi connectivity index (χ0v) is 16.4. The third-order valence-electron chi connectivity index (χ3n) is 4.54. The fraction of sp³-hybridized carbons (Fsp3) is 0.333. The lowest BCUT2D eigenvalue weighted by Crippen LogP contribution is -2.31. The van der Waals surface area contributed by atoms with Crippen LogP contribution in [0.2, 0.25) is 0 Å². The minimum Gasteiger partial charge on any atom is -0.361 e. The minimum atomic E-state index is -0.350. The quantitative estimate of drug-likeness (QED) is 0.684. The number of aromatic nitrogens is 3. The van der Waals surface area contributed by atoms with Gasteiger partial charge in [0.25, 0.3) is 11.5 Å². The maximum atomic E-state index is 12.9. The first-order chi connectivity index (χ1) is 13.3. The SMILES string of the molecule is Cc1noc(C)c1C(=O)NC(Cc1cc(=O)[nH]c(C(C)C)n1)c1ccccc1. The summed E-state index contributed by atoms with van der Waals surface area (Å²) in [6, 6.07) is 10.7. The summed E-state index contributed by atoms with van der Waals surface area (Å²) in [4.78, 5) is 32.2. The monoisotopic (exact) mass is 380 g/mol. The summed E-state index contributed by atoms with van der Waals surface area (Å²) in [6.45, 7) is 7.38. The van der Waals surface area contributed by atoms with E-state index in [-0.39, 0.29) is 23.4 Å². The lowest BCUT2D eigenvalue weighted by molar-refractivity contribution is 0.0934. The third-order valence-corrected chi connectivity index (χ3v) is 4.54. The number of rotatable bonds is 6. The van der Waals surface area contributed by atoms with E-state index in [2.05, 4.69) is 20.4 Å². The predicted molar refractivity (Wildman–Crippen MR) is 105 cm³/mol. The topological polar surface area (TPSA) is 101 Å². The number of hydrogen-bond donors (Lipinski definition) is 2. The van der Waals surface area contributed by atoms with Crippen molar-refractivity contribution in [2.24, 2.45) is 0 Å². The van der Waals surface area contributed by atoms with Gasteiger partial charge in [0.05, 0.1) is 17.4 Å². The van der Waals surface area contributed by atoms with Crippen LogP contribution < -0.4 is 10.9 Å². The van der Waals surface area contributed by atoms with E-state index in [1.54, 1.807) is 13.8 Å². The maximum absolute atomic E-state index is 12.9. The van der Waals surface area contributed by atoms with Gasteiger partial charge in [-0.2, -0.15) is 0 Å². The zero-order chi connectivity index (χ0) is 20.3. The van der Waals surface area contributed by atoms with Crippen LogP contribution in [0.15, 0.2) is 45.7 Å². The summed E-state index contributed by atoms with van der Waals surface area (Å²) >= 11 is 0. The lowest BCUT2D eigenvalue weighted by Gasteiger charge is -2.19. The number of benzene rings is 1. The molecule has 0 aliphatic carbocycles. The maximum Gasteiger partial charge on any atom is 0.257 e. The predicted octanol–water partition coefficient (Wildman–Crippen LogP) is 3.21. The van der Waals surface area contributed by atoms with Gasteiger partial charge < -0.3 is 14.8 Å². The number of H-pyrrole nitrogens is 1. The van der Waals surface area contributed by atoms with Gasteiger partial charge in [0.15, 0.2) is 0 Å². The van der Waals surface area contributed by atoms with E-state index in [0.717, 1.165) is 5.56 Å². The van der Waals surface area contributed by atoms with E-state index in [9.17, 15) is 9.59 Å². The summed E-state index contributed by atoms with van der Waals surface area (Å²) < 4.78 is 5.11. The van der Waals surface area contributed by atoms with Crippen molar-refractivity contribution in [1.82, 2.24) is 20.4 Å². The molecule has 3 aromatic rings. The van der Waals surface area contributed by atoms with Crippen LogP contribution in [0.3, 0.4) is 0 Å². The molecule has 1 atom stereocenters. The highest BCUT2D eigenvalue weighted by Gasteiger charge is 2.22. The van der Waals surface area contributed by atoms with E-state index in [0.29, 0.717) is 35.0 Å². The van der Waals surface area contributed by atoms with Crippen LogP contribution in [0.1, 0.15) is 64.7 Å². The largest absolute Gasteiger partial charge is 0.361 e. The molecule has 0 bridgehead atoms. The number of aryl methyl sites for hydroxylation is 2. The Morgan fingerprint density at radius 3 is 2.54 bits per heavy atom. The Labute approximate surface area is 163 Å². The van der Waals surface area contributed by atoms with Gasteiger partial charge in [-0.25, -0.2) is 4.98 Å². The normalized spacial score (nSPS) is 12.2. The fourth-order valence-corrected chi connectivity index (χ4v) is 3.09. The molecule has 0 aliphatic rings. The summed E-state index contributed by atoms with van der Waals surface area (Å²) in [7, 11) is 0. The van der Waals surface area contributed by atoms with Crippen LogP contribution in [-0.4, -0.2) is 21.0 Å². The number of nitrogens with zero attached hydrogens (tertiary/aromatic N) is 2. The summed E-state index contributed by atoms with van der Waals surface area (Å²) in [5.41, 5.74) is 2.33. The molecular formula is C21H24N4O3. The molecule has 0 aliphatic heterocycles. The van der Waals surface area contributed by atoms with Crippen molar-refractivity contribution in [3.8, 4) is 0 Å². The number of carbonyl (C=O) groups excluding carboxylic acids is 1. The molecule has 2 aromatic heterocycles. The second-order valence-electron chi connectivity index (χ2n) is 7.12. The third kappa shape index (κ3) is 4.36. The van der Waals surface area contributed by atoms with Crippen LogP contribution in [0.5, 0.6) is 0 Å². The Hall–Kier alpha value is -3.22. The molecule has 146 valence electrons. The molecule has 7 nitrogen and oxygen atoms in total. The average Bonchev–Trinajstić information content (AvgIpc) is 2.99. The van der Waals surface area contributed by atoms with Crippen LogP contribution in [0, 0.1) is 13.8 Å². The van der Waals surface area contributed by atoms with Gasteiger partial charge in [-0.05, 0) is 19.4 Å². The standard InChI is InChI=1S/C21H24N4O3/c1-12(2)20-22-16(11-18(26)24-20)10-17(15-8-6-5-7-9-15)23-21(27)19-13(3)25-28-14(19)4/h5-9,11-12,17H,10H2,1-4H3,(H,23,27)(H,22,24,26). The molecule has 1 aromatic carbocycles. The van der Waals surface area contributed by atoms with Gasteiger partial charge in [0.1, 0.15) is 17.1 Å². The Balaban J connectivity index is 1.93. The van der Waals surface area contributed by atoms with Crippen molar-refractivity contribution >= 4 is 5.91 Å². The highest BCUT2D eigenvalue weighted by atomic mass is 16.5. The average molecular weight is 380 g/mol. The Kier molecular flexibility index (Phi) is 5.73. The molecule has 1 amide bonds. The summed E-state index contributed by atoms with van der Waals surface area (Å²) in [5.74, 6) is 0.934. The smallest absolute Gasteiger partial charge is 0.257 e. The zero-order valence-electron chi connectivity index (χ0n) is 16.4. The van der Waals surface area contributed by atoms with Crippen molar-refractivity contribution < 1.29 is 9.32 Å². The van der Waals surface area contributed by atoms with Gasteiger partial charge in [-0.15, -0.1) is 0 Å². The molecule has 0 radical (unpaired) electrons. The van der Waals surface area contributed by atoms with Crippen LogP contribution in [0.4, 0.5) is 0 Å². The first-order valence-corrected chi connectivity index (χ1v) is 9.24. The Morgan fingerprint density at radius 1 is 1.21 bits per heavy atom. The molecule has 1 unspecified atom stereocenters. The number of aromatic amines is 1. The van der Waals surface area contributed by atoms with Crippen LogP contribution >= 0.6 is 0 Å². The molecule has 0 spiro atoms. The number of nitrogens with one attached hydrogen (secondary N) is 2. The van der Waals surface area contributed by atoms with Crippen molar-refractivity contribution in [2.45, 2.75) is 46.1 Å².